The lowest BCUT2D eigenvalue weighted by Gasteiger charge is -2.36. The predicted molar refractivity (Wildman–Crippen MR) is 187 cm³/mol. The van der Waals surface area contributed by atoms with Gasteiger partial charge in [-0.15, -0.1) is 11.3 Å². The summed E-state index contributed by atoms with van der Waals surface area (Å²) >= 11 is 5.27. The first-order chi connectivity index (χ1) is 22.6. The van der Waals surface area contributed by atoms with E-state index in [0.29, 0.717) is 0 Å². The SMILES string of the molecule is Fc1ccc(-c2nn(C(c3ccccc3)(c3ccccc3)c3ccccc3)cc2-c2ccc3ncc(-c4ccc(Br)s4)n3c2)cc1. The first kappa shape index (κ1) is 28.4. The van der Waals surface area contributed by atoms with Gasteiger partial charge in [0.1, 0.15) is 22.7 Å². The number of fused-ring (bicyclic) bond motifs is 1. The number of rotatable bonds is 7. The zero-order valence-electron chi connectivity index (χ0n) is 24.5. The van der Waals surface area contributed by atoms with Crippen molar-refractivity contribution in [2.75, 3.05) is 0 Å². The molecule has 0 saturated heterocycles. The summed E-state index contributed by atoms with van der Waals surface area (Å²) in [6.07, 6.45) is 6.16. The Morgan fingerprint density at radius 1 is 0.630 bits per heavy atom. The number of imidazole rings is 1. The van der Waals surface area contributed by atoms with E-state index >= 15 is 0 Å². The molecule has 4 aromatic heterocycles. The fourth-order valence-corrected chi connectivity index (χ4v) is 7.68. The van der Waals surface area contributed by atoms with Crippen LogP contribution in [0, 0.1) is 5.82 Å². The maximum absolute atomic E-state index is 14.2. The second-order valence-electron chi connectivity index (χ2n) is 11.0. The Bertz CT molecular complexity index is 2180. The van der Waals surface area contributed by atoms with Gasteiger partial charge in [-0.1, -0.05) is 91.0 Å². The average Bonchev–Trinajstić information content (AvgIpc) is 3.85. The molecule has 4 aromatic carbocycles. The lowest BCUT2D eigenvalue weighted by atomic mass is 9.77. The van der Waals surface area contributed by atoms with Gasteiger partial charge in [-0.3, -0.25) is 9.08 Å². The van der Waals surface area contributed by atoms with Crippen LogP contribution < -0.4 is 0 Å². The Kier molecular flexibility index (Phi) is 7.20. The lowest BCUT2D eigenvalue weighted by molar-refractivity contribution is 0.461. The van der Waals surface area contributed by atoms with E-state index in [-0.39, 0.29) is 5.82 Å². The molecule has 0 radical (unpaired) electrons. The fraction of sp³-hybridized carbons (Fsp3) is 0.0256. The summed E-state index contributed by atoms with van der Waals surface area (Å²) in [5.41, 5.74) is 7.75. The number of aromatic nitrogens is 4. The van der Waals surface area contributed by atoms with Crippen LogP contribution in [0.15, 0.2) is 162 Å². The van der Waals surface area contributed by atoms with Crippen molar-refractivity contribution in [1.82, 2.24) is 19.2 Å². The van der Waals surface area contributed by atoms with Crippen LogP contribution in [0.1, 0.15) is 16.7 Å². The third-order valence-corrected chi connectivity index (χ3v) is 10.0. The summed E-state index contributed by atoms with van der Waals surface area (Å²) < 4.78 is 19.5. The summed E-state index contributed by atoms with van der Waals surface area (Å²) in [5.74, 6) is -0.288. The first-order valence-corrected chi connectivity index (χ1v) is 16.5. The van der Waals surface area contributed by atoms with Crippen LogP contribution in [-0.2, 0) is 5.54 Å². The number of benzene rings is 4. The molecule has 4 nitrogen and oxygen atoms in total. The highest BCUT2D eigenvalue weighted by Gasteiger charge is 2.40. The van der Waals surface area contributed by atoms with Crippen LogP contribution in [0.4, 0.5) is 4.39 Å². The van der Waals surface area contributed by atoms with E-state index in [1.165, 1.54) is 12.1 Å². The molecule has 0 aliphatic carbocycles. The van der Waals surface area contributed by atoms with Crippen LogP contribution in [0.5, 0.6) is 0 Å². The first-order valence-electron chi connectivity index (χ1n) is 14.9. The molecule has 0 spiro atoms. The molecule has 0 fully saturated rings. The van der Waals surface area contributed by atoms with Crippen LogP contribution in [-0.4, -0.2) is 19.2 Å². The van der Waals surface area contributed by atoms with Gasteiger partial charge in [-0.25, -0.2) is 9.37 Å². The van der Waals surface area contributed by atoms with Gasteiger partial charge in [-0.2, -0.15) is 5.10 Å². The standard InChI is InChI=1S/C39H26BrFN4S/c40-36-22-21-35(46-36)34-24-42-37-23-18-28(25-44(34)37)33-26-45(43-38(33)27-16-19-32(41)20-17-27)39(29-10-4-1-5-11-29,30-12-6-2-7-13-30)31-14-8-3-9-15-31/h1-26H. The van der Waals surface area contributed by atoms with Crippen molar-refractivity contribution in [3.05, 3.63) is 184 Å². The Morgan fingerprint density at radius 3 is 1.78 bits per heavy atom. The molecule has 46 heavy (non-hydrogen) atoms. The number of pyridine rings is 1. The van der Waals surface area contributed by atoms with Gasteiger partial charge in [0.25, 0.3) is 0 Å². The van der Waals surface area contributed by atoms with Crippen molar-refractivity contribution in [2.24, 2.45) is 0 Å². The quantitative estimate of drug-likeness (QED) is 0.157. The van der Waals surface area contributed by atoms with Crippen molar-refractivity contribution in [3.8, 4) is 33.0 Å². The van der Waals surface area contributed by atoms with Crippen molar-refractivity contribution < 1.29 is 4.39 Å². The number of hydrogen-bond donors (Lipinski definition) is 0. The van der Waals surface area contributed by atoms with E-state index in [0.717, 1.165) is 59.1 Å². The molecule has 0 aliphatic heterocycles. The number of hydrogen-bond acceptors (Lipinski definition) is 3. The average molecular weight is 682 g/mol. The van der Waals surface area contributed by atoms with Crippen LogP contribution in [0.2, 0.25) is 0 Å². The molecule has 0 saturated carbocycles. The largest absolute Gasteiger partial charge is 0.298 e. The predicted octanol–water partition coefficient (Wildman–Crippen LogP) is 10.3. The maximum atomic E-state index is 14.2. The highest BCUT2D eigenvalue weighted by atomic mass is 79.9. The summed E-state index contributed by atoms with van der Waals surface area (Å²) in [5, 5.41) is 5.40. The molecule has 4 heterocycles. The molecule has 0 bridgehead atoms. The minimum atomic E-state index is -0.801. The normalized spacial score (nSPS) is 11.7. The van der Waals surface area contributed by atoms with Crippen LogP contribution >= 0.6 is 27.3 Å². The molecule has 0 atom stereocenters. The minimum absolute atomic E-state index is 0.288. The molecular weight excluding hydrogens is 655 g/mol. The van der Waals surface area contributed by atoms with Crippen molar-refractivity contribution in [3.63, 3.8) is 0 Å². The minimum Gasteiger partial charge on any atom is -0.298 e. The molecule has 0 aliphatic rings. The molecule has 8 aromatic rings. The van der Waals surface area contributed by atoms with Gasteiger partial charge in [0.05, 0.1) is 20.6 Å². The summed E-state index contributed by atoms with van der Waals surface area (Å²) in [6, 6.07) is 46.3. The molecular formula is C39H26BrFN4S. The fourth-order valence-electron chi connectivity index (χ4n) is 6.29. The van der Waals surface area contributed by atoms with E-state index in [1.807, 2.05) is 30.5 Å². The molecule has 0 amide bonds. The third kappa shape index (κ3) is 4.80. The van der Waals surface area contributed by atoms with Crippen molar-refractivity contribution in [1.29, 1.82) is 0 Å². The summed E-state index contributed by atoms with van der Waals surface area (Å²) in [4.78, 5) is 5.80. The van der Waals surface area contributed by atoms with Crippen LogP contribution in [0.3, 0.4) is 0 Å². The highest BCUT2D eigenvalue weighted by Crippen LogP contribution is 2.43. The molecule has 8 rings (SSSR count). The molecule has 0 unspecified atom stereocenters. The number of halogens is 2. The van der Waals surface area contributed by atoms with Gasteiger partial charge in [0, 0.05) is 29.1 Å². The van der Waals surface area contributed by atoms with E-state index in [4.69, 9.17) is 5.10 Å². The Hall–Kier alpha value is -5.11. The van der Waals surface area contributed by atoms with Crippen LogP contribution in [0.25, 0.3) is 38.6 Å². The Labute approximate surface area is 278 Å². The summed E-state index contributed by atoms with van der Waals surface area (Å²) in [6.45, 7) is 0. The zero-order valence-corrected chi connectivity index (χ0v) is 26.9. The van der Waals surface area contributed by atoms with E-state index < -0.39 is 5.54 Å². The van der Waals surface area contributed by atoms with E-state index in [2.05, 4.69) is 133 Å². The lowest BCUT2D eigenvalue weighted by Crippen LogP contribution is -2.38. The molecule has 222 valence electrons. The second-order valence-corrected chi connectivity index (χ2v) is 13.5. The van der Waals surface area contributed by atoms with E-state index in [9.17, 15) is 4.39 Å². The van der Waals surface area contributed by atoms with Gasteiger partial charge in [-0.05, 0) is 81.2 Å². The topological polar surface area (TPSA) is 35.1 Å². The monoisotopic (exact) mass is 680 g/mol. The Balaban J connectivity index is 1.43. The van der Waals surface area contributed by atoms with Gasteiger partial charge >= 0.3 is 0 Å². The number of thiophene rings is 1. The Morgan fingerprint density at radius 2 is 1.22 bits per heavy atom. The van der Waals surface area contributed by atoms with Gasteiger partial charge in [0.2, 0.25) is 0 Å². The maximum Gasteiger partial charge on any atom is 0.138 e. The molecule has 7 heteroatoms. The van der Waals surface area contributed by atoms with Gasteiger partial charge in [0.15, 0.2) is 0 Å². The van der Waals surface area contributed by atoms with Crippen molar-refractivity contribution >= 4 is 32.9 Å². The summed E-state index contributed by atoms with van der Waals surface area (Å²) in [7, 11) is 0. The molecule has 0 N–H and O–H groups in total. The van der Waals surface area contributed by atoms with E-state index in [1.54, 1.807) is 23.5 Å². The number of nitrogens with zero attached hydrogens (tertiary/aromatic N) is 4. The zero-order chi connectivity index (χ0) is 31.1. The van der Waals surface area contributed by atoms with Crippen molar-refractivity contribution in [2.45, 2.75) is 5.54 Å². The second kappa shape index (κ2) is 11.7. The highest BCUT2D eigenvalue weighted by molar-refractivity contribution is 9.11. The third-order valence-electron chi connectivity index (χ3n) is 8.39. The van der Waals surface area contributed by atoms with Gasteiger partial charge < -0.3 is 0 Å². The smallest absolute Gasteiger partial charge is 0.138 e.